The van der Waals surface area contributed by atoms with Crippen LogP contribution in [-0.2, 0) is 4.79 Å². The summed E-state index contributed by atoms with van der Waals surface area (Å²) >= 11 is 0. The quantitative estimate of drug-likeness (QED) is 0.865. The van der Waals surface area contributed by atoms with Crippen LogP contribution >= 0.6 is 0 Å². The Morgan fingerprint density at radius 2 is 2.38 bits per heavy atom. The van der Waals surface area contributed by atoms with Gasteiger partial charge in [0.2, 0.25) is 5.91 Å². The van der Waals surface area contributed by atoms with Crippen LogP contribution in [0.15, 0.2) is 12.3 Å². The summed E-state index contributed by atoms with van der Waals surface area (Å²) in [5.74, 6) is 0.654. The largest absolute Gasteiger partial charge is 0.354 e. The lowest BCUT2D eigenvalue weighted by atomic mass is 9.92. The highest BCUT2D eigenvalue weighted by molar-refractivity contribution is 5.87. The third-order valence-corrected chi connectivity index (χ3v) is 4.70. The number of carbonyl (C=O) groups excluding carboxylic acids is 1. The number of aromatic amines is 1. The Labute approximate surface area is 139 Å². The molecule has 126 valence electrons. The van der Waals surface area contributed by atoms with E-state index in [0.717, 1.165) is 11.8 Å². The first-order valence-electron chi connectivity index (χ1n) is 7.89. The standard InChI is InChI=1S/C16H19FN6O/c1-10-5-8-23(13(24)3-6-18)9-12(10)22(2)15-11-4-7-19-14(11)20-16(17)21-15/h4,7,10,12H,3,5,8-9H2,1-2H3,(H,19,20,21)/t10-,12+/m1/s1. The van der Waals surface area contributed by atoms with Crippen LogP contribution in [0.5, 0.6) is 0 Å². The van der Waals surface area contributed by atoms with Crippen molar-refractivity contribution in [3.8, 4) is 6.07 Å². The van der Waals surface area contributed by atoms with E-state index in [1.807, 2.05) is 24.1 Å². The van der Waals surface area contributed by atoms with Crippen molar-refractivity contribution in [1.82, 2.24) is 19.9 Å². The van der Waals surface area contributed by atoms with Crippen molar-refractivity contribution in [2.75, 3.05) is 25.0 Å². The number of carbonyl (C=O) groups is 1. The van der Waals surface area contributed by atoms with Gasteiger partial charge >= 0.3 is 6.08 Å². The van der Waals surface area contributed by atoms with E-state index in [2.05, 4.69) is 21.9 Å². The van der Waals surface area contributed by atoms with Crippen LogP contribution in [0.1, 0.15) is 19.8 Å². The summed E-state index contributed by atoms with van der Waals surface area (Å²) in [5.41, 5.74) is 0.449. The van der Waals surface area contributed by atoms with Gasteiger partial charge in [0.05, 0.1) is 17.5 Å². The average Bonchev–Trinajstić information content (AvgIpc) is 3.02. The van der Waals surface area contributed by atoms with Crippen molar-refractivity contribution < 1.29 is 9.18 Å². The van der Waals surface area contributed by atoms with E-state index in [9.17, 15) is 9.18 Å². The number of likely N-dealkylation sites (tertiary alicyclic amines) is 1. The van der Waals surface area contributed by atoms with E-state index in [1.54, 1.807) is 11.1 Å². The van der Waals surface area contributed by atoms with Crippen molar-refractivity contribution in [3.63, 3.8) is 0 Å². The number of hydrogen-bond acceptors (Lipinski definition) is 5. The molecule has 8 heteroatoms. The van der Waals surface area contributed by atoms with E-state index in [1.165, 1.54) is 0 Å². The molecule has 3 rings (SSSR count). The maximum Gasteiger partial charge on any atom is 0.312 e. The SMILES string of the molecule is C[C@@H]1CCN(C(=O)CC#N)C[C@@H]1N(C)c1nc(F)nc2[nH]ccc12. The van der Waals surface area contributed by atoms with Gasteiger partial charge in [-0.15, -0.1) is 0 Å². The minimum Gasteiger partial charge on any atom is -0.354 e. The Morgan fingerprint density at radius 1 is 1.58 bits per heavy atom. The highest BCUT2D eigenvalue weighted by Crippen LogP contribution is 2.29. The molecular formula is C16H19FN6O. The lowest BCUT2D eigenvalue weighted by Crippen LogP contribution is -2.52. The van der Waals surface area contributed by atoms with Crippen molar-refractivity contribution in [3.05, 3.63) is 18.3 Å². The molecule has 7 nitrogen and oxygen atoms in total. The average molecular weight is 330 g/mol. The zero-order chi connectivity index (χ0) is 17.3. The number of rotatable bonds is 3. The number of amides is 1. The van der Waals surface area contributed by atoms with Crippen LogP contribution in [0, 0.1) is 23.3 Å². The summed E-state index contributed by atoms with van der Waals surface area (Å²) < 4.78 is 13.7. The molecule has 2 aromatic heterocycles. The van der Waals surface area contributed by atoms with Crippen molar-refractivity contribution in [2.24, 2.45) is 5.92 Å². The molecular weight excluding hydrogens is 311 g/mol. The number of H-pyrrole nitrogens is 1. The molecule has 0 aromatic carbocycles. The predicted molar refractivity (Wildman–Crippen MR) is 86.6 cm³/mol. The molecule has 0 bridgehead atoms. The Kier molecular flexibility index (Phi) is 4.34. The summed E-state index contributed by atoms with van der Waals surface area (Å²) in [6, 6.07) is 3.71. The van der Waals surface area contributed by atoms with Gasteiger partial charge in [0.15, 0.2) is 0 Å². The van der Waals surface area contributed by atoms with E-state index < -0.39 is 6.08 Å². The molecule has 2 aromatic rings. The van der Waals surface area contributed by atoms with Crippen LogP contribution in [0.25, 0.3) is 11.0 Å². The summed E-state index contributed by atoms with van der Waals surface area (Å²) in [6.45, 7) is 3.25. The Hall–Kier alpha value is -2.69. The molecule has 1 saturated heterocycles. The number of hydrogen-bond donors (Lipinski definition) is 1. The molecule has 0 spiro atoms. The van der Waals surface area contributed by atoms with Gasteiger partial charge in [-0.05, 0) is 18.4 Å². The summed E-state index contributed by atoms with van der Waals surface area (Å²) in [4.78, 5) is 26.3. The molecule has 24 heavy (non-hydrogen) atoms. The number of nitriles is 1. The van der Waals surface area contributed by atoms with E-state index in [0.29, 0.717) is 30.5 Å². The fourth-order valence-electron chi connectivity index (χ4n) is 3.28. The third kappa shape index (κ3) is 2.89. The smallest absolute Gasteiger partial charge is 0.312 e. The summed E-state index contributed by atoms with van der Waals surface area (Å²) in [7, 11) is 1.85. The van der Waals surface area contributed by atoms with Crippen LogP contribution in [0.3, 0.4) is 0 Å². The van der Waals surface area contributed by atoms with Crippen molar-refractivity contribution >= 4 is 22.8 Å². The van der Waals surface area contributed by atoms with Crippen molar-refractivity contribution in [2.45, 2.75) is 25.8 Å². The topological polar surface area (TPSA) is 88.9 Å². The fraction of sp³-hybridized carbons (Fsp3) is 0.500. The van der Waals surface area contributed by atoms with Gasteiger partial charge in [0, 0.05) is 26.3 Å². The molecule has 3 heterocycles. The third-order valence-electron chi connectivity index (χ3n) is 4.70. The second kappa shape index (κ2) is 6.43. The normalized spacial score (nSPS) is 20.8. The minimum absolute atomic E-state index is 0.00575. The maximum absolute atomic E-state index is 13.7. The van der Waals surface area contributed by atoms with Gasteiger partial charge in [0.25, 0.3) is 0 Å². The molecule has 0 unspecified atom stereocenters. The van der Waals surface area contributed by atoms with Gasteiger partial charge in [-0.2, -0.15) is 19.6 Å². The first kappa shape index (κ1) is 16.2. The zero-order valence-electron chi connectivity index (χ0n) is 13.7. The molecule has 2 atom stereocenters. The van der Waals surface area contributed by atoms with Crippen molar-refractivity contribution in [1.29, 1.82) is 5.26 Å². The van der Waals surface area contributed by atoms with Crippen LogP contribution < -0.4 is 4.90 Å². The van der Waals surface area contributed by atoms with Gasteiger partial charge in [-0.3, -0.25) is 4.79 Å². The Bertz CT molecular complexity index is 797. The number of anilines is 1. The zero-order valence-corrected chi connectivity index (χ0v) is 13.7. The number of fused-ring (bicyclic) bond motifs is 1. The highest BCUT2D eigenvalue weighted by atomic mass is 19.1. The van der Waals surface area contributed by atoms with Gasteiger partial charge in [0.1, 0.15) is 17.9 Å². The molecule has 0 saturated carbocycles. The van der Waals surface area contributed by atoms with Crippen LogP contribution in [0.4, 0.5) is 10.2 Å². The van der Waals surface area contributed by atoms with E-state index in [4.69, 9.17) is 5.26 Å². The first-order chi connectivity index (χ1) is 11.5. The monoisotopic (exact) mass is 330 g/mol. The summed E-state index contributed by atoms with van der Waals surface area (Å²) in [5, 5.41) is 9.47. The van der Waals surface area contributed by atoms with Gasteiger partial charge in [-0.1, -0.05) is 6.92 Å². The number of halogens is 1. The number of nitrogens with one attached hydrogen (secondary N) is 1. The molecule has 0 radical (unpaired) electrons. The lowest BCUT2D eigenvalue weighted by molar-refractivity contribution is -0.131. The maximum atomic E-state index is 13.7. The first-order valence-corrected chi connectivity index (χ1v) is 7.89. The Balaban J connectivity index is 1.89. The predicted octanol–water partition coefficient (Wildman–Crippen LogP) is 1.68. The van der Waals surface area contributed by atoms with Gasteiger partial charge < -0.3 is 14.8 Å². The second-order valence-corrected chi connectivity index (χ2v) is 6.18. The molecule has 1 aliphatic heterocycles. The molecule has 1 N–H and O–H groups in total. The number of piperidine rings is 1. The molecule has 1 fully saturated rings. The van der Waals surface area contributed by atoms with E-state index in [-0.39, 0.29) is 18.4 Å². The molecule has 0 aliphatic carbocycles. The summed E-state index contributed by atoms with van der Waals surface area (Å²) in [6.07, 6.45) is 1.63. The molecule has 1 aliphatic rings. The molecule has 1 amide bonds. The number of aromatic nitrogens is 3. The fourth-order valence-corrected chi connectivity index (χ4v) is 3.28. The van der Waals surface area contributed by atoms with Gasteiger partial charge in [-0.25, -0.2) is 0 Å². The number of likely N-dealkylation sites (N-methyl/N-ethyl adjacent to an activating group) is 1. The second-order valence-electron chi connectivity index (χ2n) is 6.18. The minimum atomic E-state index is -0.785. The van der Waals surface area contributed by atoms with Crippen LogP contribution in [-0.4, -0.2) is 51.9 Å². The highest BCUT2D eigenvalue weighted by Gasteiger charge is 2.32. The van der Waals surface area contributed by atoms with Crippen LogP contribution in [0.2, 0.25) is 0 Å². The van der Waals surface area contributed by atoms with E-state index >= 15 is 0 Å². The lowest BCUT2D eigenvalue weighted by Gasteiger charge is -2.42. The Morgan fingerprint density at radius 3 is 3.12 bits per heavy atom. The number of nitrogens with zero attached hydrogens (tertiary/aromatic N) is 5.